The highest BCUT2D eigenvalue weighted by Gasteiger charge is 2.38. The SMILES string of the molecule is COc1ccc(N2CC(C(=O)N3CCc4nc(NC(=O)C5CCCO5)sc4C3)CC2=O)cc1. The Hall–Kier alpha value is -2.98. The molecule has 1 aromatic carbocycles. The second kappa shape index (κ2) is 9.11. The molecule has 2 aromatic rings. The van der Waals surface area contributed by atoms with Crippen molar-refractivity contribution in [3.05, 3.63) is 34.8 Å². The van der Waals surface area contributed by atoms with Gasteiger partial charge in [0.2, 0.25) is 11.8 Å². The van der Waals surface area contributed by atoms with Crippen molar-refractivity contribution >= 4 is 39.9 Å². The molecule has 2 atom stereocenters. The van der Waals surface area contributed by atoms with Crippen molar-refractivity contribution in [2.24, 2.45) is 5.92 Å². The summed E-state index contributed by atoms with van der Waals surface area (Å²) >= 11 is 1.41. The molecule has 10 heteroatoms. The van der Waals surface area contributed by atoms with Crippen LogP contribution in [0.2, 0.25) is 0 Å². The summed E-state index contributed by atoms with van der Waals surface area (Å²) in [7, 11) is 1.60. The zero-order valence-electron chi connectivity index (χ0n) is 18.4. The number of anilines is 2. The van der Waals surface area contributed by atoms with Crippen LogP contribution in [-0.4, -0.2) is 60.5 Å². The summed E-state index contributed by atoms with van der Waals surface area (Å²) in [6, 6.07) is 7.28. The molecule has 174 valence electrons. The molecule has 3 aliphatic rings. The lowest BCUT2D eigenvalue weighted by molar-refractivity contribution is -0.136. The molecule has 3 aliphatic heterocycles. The minimum Gasteiger partial charge on any atom is -0.497 e. The van der Waals surface area contributed by atoms with Gasteiger partial charge in [-0.25, -0.2) is 4.98 Å². The van der Waals surface area contributed by atoms with Gasteiger partial charge in [-0.15, -0.1) is 0 Å². The number of thiazole rings is 1. The molecule has 0 radical (unpaired) electrons. The normalized spacial score (nSPS) is 22.4. The Bertz CT molecular complexity index is 1060. The van der Waals surface area contributed by atoms with Crippen LogP contribution in [0.1, 0.15) is 29.8 Å². The molecule has 9 nitrogen and oxygen atoms in total. The molecule has 2 fully saturated rings. The third kappa shape index (κ3) is 4.45. The van der Waals surface area contributed by atoms with Gasteiger partial charge < -0.3 is 19.3 Å². The molecule has 2 saturated heterocycles. The molecule has 2 unspecified atom stereocenters. The van der Waals surface area contributed by atoms with Crippen molar-refractivity contribution in [2.45, 2.75) is 38.3 Å². The van der Waals surface area contributed by atoms with Gasteiger partial charge in [0.05, 0.1) is 25.3 Å². The van der Waals surface area contributed by atoms with E-state index < -0.39 is 6.10 Å². The van der Waals surface area contributed by atoms with E-state index in [0.717, 1.165) is 34.8 Å². The van der Waals surface area contributed by atoms with E-state index in [0.29, 0.717) is 37.8 Å². The number of benzene rings is 1. The summed E-state index contributed by atoms with van der Waals surface area (Å²) in [5.74, 6) is 0.136. The standard InChI is InChI=1S/C23H26N4O5S/c1-31-16-6-4-15(5-7-16)27-12-14(11-20(27)28)22(30)26-9-8-17-19(13-26)33-23(24-17)25-21(29)18-3-2-10-32-18/h4-7,14,18H,2-3,8-13H2,1H3,(H,24,25,29). The highest BCUT2D eigenvalue weighted by molar-refractivity contribution is 7.15. The maximum absolute atomic E-state index is 13.2. The van der Waals surface area contributed by atoms with E-state index in [-0.39, 0.29) is 30.1 Å². The van der Waals surface area contributed by atoms with Crippen LogP contribution in [0.3, 0.4) is 0 Å². The predicted molar refractivity (Wildman–Crippen MR) is 122 cm³/mol. The van der Waals surface area contributed by atoms with E-state index in [1.807, 2.05) is 29.2 Å². The van der Waals surface area contributed by atoms with Crippen LogP contribution >= 0.6 is 11.3 Å². The Morgan fingerprint density at radius 3 is 2.82 bits per heavy atom. The minimum absolute atomic E-state index is 0.0108. The largest absolute Gasteiger partial charge is 0.497 e. The highest BCUT2D eigenvalue weighted by Crippen LogP contribution is 2.32. The quantitative estimate of drug-likeness (QED) is 0.719. The Morgan fingerprint density at radius 1 is 1.27 bits per heavy atom. The van der Waals surface area contributed by atoms with Crippen LogP contribution in [0.15, 0.2) is 24.3 Å². The number of rotatable bonds is 5. The van der Waals surface area contributed by atoms with Crippen molar-refractivity contribution in [1.82, 2.24) is 9.88 Å². The lowest BCUT2D eigenvalue weighted by Gasteiger charge is -2.28. The van der Waals surface area contributed by atoms with Gasteiger partial charge in [-0.3, -0.25) is 19.7 Å². The number of nitrogens with zero attached hydrogens (tertiary/aromatic N) is 3. The van der Waals surface area contributed by atoms with Gasteiger partial charge >= 0.3 is 0 Å². The number of carbonyl (C=O) groups is 3. The van der Waals surface area contributed by atoms with Gasteiger partial charge in [0.15, 0.2) is 5.13 Å². The van der Waals surface area contributed by atoms with Crippen LogP contribution in [0.25, 0.3) is 0 Å². The molecule has 5 rings (SSSR count). The first-order valence-electron chi connectivity index (χ1n) is 11.2. The smallest absolute Gasteiger partial charge is 0.255 e. The number of hydrogen-bond acceptors (Lipinski definition) is 7. The van der Waals surface area contributed by atoms with Crippen LogP contribution in [-0.2, 0) is 32.1 Å². The fourth-order valence-corrected chi connectivity index (χ4v) is 5.58. The molecule has 1 aromatic heterocycles. The summed E-state index contributed by atoms with van der Waals surface area (Å²) in [5, 5.41) is 3.41. The van der Waals surface area contributed by atoms with Crippen molar-refractivity contribution in [2.75, 3.05) is 37.0 Å². The van der Waals surface area contributed by atoms with Crippen molar-refractivity contribution in [3.8, 4) is 5.75 Å². The number of ether oxygens (including phenoxy) is 2. The Morgan fingerprint density at radius 2 is 2.09 bits per heavy atom. The number of hydrogen-bond donors (Lipinski definition) is 1. The molecule has 33 heavy (non-hydrogen) atoms. The minimum atomic E-state index is -0.405. The van der Waals surface area contributed by atoms with Gasteiger partial charge in [0.1, 0.15) is 11.9 Å². The van der Waals surface area contributed by atoms with E-state index in [1.165, 1.54) is 11.3 Å². The lowest BCUT2D eigenvalue weighted by Crippen LogP contribution is -2.40. The Balaban J connectivity index is 1.21. The maximum Gasteiger partial charge on any atom is 0.255 e. The Kier molecular flexibility index (Phi) is 6.03. The molecule has 0 saturated carbocycles. The average molecular weight is 471 g/mol. The lowest BCUT2D eigenvalue weighted by atomic mass is 10.1. The molecular formula is C23H26N4O5S. The first-order chi connectivity index (χ1) is 16.0. The van der Waals surface area contributed by atoms with Gasteiger partial charge in [-0.1, -0.05) is 11.3 Å². The number of methoxy groups -OCH3 is 1. The van der Waals surface area contributed by atoms with E-state index in [4.69, 9.17) is 9.47 Å². The molecular weight excluding hydrogens is 444 g/mol. The molecule has 3 amide bonds. The highest BCUT2D eigenvalue weighted by atomic mass is 32.1. The maximum atomic E-state index is 13.2. The average Bonchev–Trinajstić information content (AvgIpc) is 3.57. The third-order valence-electron chi connectivity index (χ3n) is 6.35. The van der Waals surface area contributed by atoms with Gasteiger partial charge in [0.25, 0.3) is 5.91 Å². The molecule has 4 heterocycles. The molecule has 0 bridgehead atoms. The monoisotopic (exact) mass is 470 g/mol. The Labute approximate surface area is 195 Å². The summed E-state index contributed by atoms with van der Waals surface area (Å²) in [6.45, 7) is 2.00. The number of amides is 3. The van der Waals surface area contributed by atoms with Crippen molar-refractivity contribution in [1.29, 1.82) is 0 Å². The topological polar surface area (TPSA) is 101 Å². The fraction of sp³-hybridized carbons (Fsp3) is 0.478. The summed E-state index contributed by atoms with van der Waals surface area (Å²) in [5.41, 5.74) is 1.69. The first kappa shape index (κ1) is 21.8. The van der Waals surface area contributed by atoms with E-state index in [1.54, 1.807) is 12.0 Å². The van der Waals surface area contributed by atoms with Crippen molar-refractivity contribution in [3.63, 3.8) is 0 Å². The second-order valence-electron chi connectivity index (χ2n) is 8.49. The third-order valence-corrected chi connectivity index (χ3v) is 7.35. The summed E-state index contributed by atoms with van der Waals surface area (Å²) in [6.07, 6.45) is 2.06. The van der Waals surface area contributed by atoms with E-state index >= 15 is 0 Å². The zero-order chi connectivity index (χ0) is 22.9. The van der Waals surface area contributed by atoms with Gasteiger partial charge in [-0.05, 0) is 37.1 Å². The zero-order valence-corrected chi connectivity index (χ0v) is 19.2. The summed E-state index contributed by atoms with van der Waals surface area (Å²) in [4.78, 5) is 47.1. The van der Waals surface area contributed by atoms with Crippen LogP contribution in [0, 0.1) is 5.92 Å². The molecule has 1 N–H and O–H groups in total. The van der Waals surface area contributed by atoms with Gasteiger partial charge in [0, 0.05) is 43.1 Å². The molecule has 0 spiro atoms. The molecule has 0 aliphatic carbocycles. The number of carbonyl (C=O) groups excluding carboxylic acids is 3. The van der Waals surface area contributed by atoms with Crippen LogP contribution < -0.4 is 15.0 Å². The number of nitrogens with one attached hydrogen (secondary N) is 1. The number of aromatic nitrogens is 1. The van der Waals surface area contributed by atoms with Crippen molar-refractivity contribution < 1.29 is 23.9 Å². The van der Waals surface area contributed by atoms with Gasteiger partial charge in [-0.2, -0.15) is 0 Å². The second-order valence-corrected chi connectivity index (χ2v) is 9.58. The van der Waals surface area contributed by atoms with E-state index in [9.17, 15) is 14.4 Å². The number of fused-ring (bicyclic) bond motifs is 1. The summed E-state index contributed by atoms with van der Waals surface area (Å²) < 4.78 is 10.6. The van der Waals surface area contributed by atoms with E-state index in [2.05, 4.69) is 10.3 Å². The van der Waals surface area contributed by atoms with Crippen LogP contribution in [0.5, 0.6) is 5.75 Å². The van der Waals surface area contributed by atoms with Crippen LogP contribution in [0.4, 0.5) is 10.8 Å². The fourth-order valence-electron chi connectivity index (χ4n) is 4.55. The first-order valence-corrected chi connectivity index (χ1v) is 12.0. The predicted octanol–water partition coefficient (Wildman–Crippen LogP) is 2.21.